The first kappa shape index (κ1) is 16.7. The predicted octanol–water partition coefficient (Wildman–Crippen LogP) is 3.80. The lowest BCUT2D eigenvalue weighted by molar-refractivity contribution is 0.466. The minimum atomic E-state index is -3.44. The molecule has 118 valence electrons. The van der Waals surface area contributed by atoms with E-state index in [1.165, 1.54) is 9.87 Å². The van der Waals surface area contributed by atoms with Crippen LogP contribution in [0.1, 0.15) is 31.9 Å². The molecule has 0 amide bonds. The largest absolute Gasteiger partial charge is 0.243 e. The van der Waals surface area contributed by atoms with E-state index in [9.17, 15) is 8.42 Å². The molecule has 22 heavy (non-hydrogen) atoms. The normalized spacial score (nSPS) is 12.6. The predicted molar refractivity (Wildman–Crippen MR) is 90.2 cm³/mol. The van der Waals surface area contributed by atoms with Crippen LogP contribution < -0.4 is 0 Å². The molecule has 0 radical (unpaired) electrons. The molecule has 2 rings (SSSR count). The maximum Gasteiger partial charge on any atom is 0.243 e. The Morgan fingerprint density at radius 1 is 0.909 bits per heavy atom. The van der Waals surface area contributed by atoms with Gasteiger partial charge in [-0.15, -0.1) is 0 Å². The molecular formula is C18H23NO2S. The Bertz CT molecular complexity index is 714. The lowest BCUT2D eigenvalue weighted by atomic mass is 9.87. The van der Waals surface area contributed by atoms with Crippen LogP contribution >= 0.6 is 0 Å². The summed E-state index contributed by atoms with van der Waals surface area (Å²) in [5.74, 6) is 0. The van der Waals surface area contributed by atoms with Gasteiger partial charge in [0.05, 0.1) is 4.90 Å². The molecule has 0 heterocycles. The van der Waals surface area contributed by atoms with E-state index in [1.54, 1.807) is 31.3 Å². The van der Waals surface area contributed by atoms with Gasteiger partial charge in [0, 0.05) is 13.6 Å². The van der Waals surface area contributed by atoms with Crippen molar-refractivity contribution in [2.45, 2.75) is 37.6 Å². The summed E-state index contributed by atoms with van der Waals surface area (Å²) in [6.45, 7) is 6.84. The molecule has 0 aliphatic carbocycles. The highest BCUT2D eigenvalue weighted by molar-refractivity contribution is 7.89. The highest BCUT2D eigenvalue weighted by atomic mass is 32.2. The fraction of sp³-hybridized carbons (Fsp3) is 0.333. The number of benzene rings is 2. The third kappa shape index (κ3) is 3.76. The summed E-state index contributed by atoms with van der Waals surface area (Å²) in [5.41, 5.74) is 2.32. The first-order valence-electron chi connectivity index (χ1n) is 7.32. The molecule has 0 N–H and O–H groups in total. The number of rotatable bonds is 4. The van der Waals surface area contributed by atoms with E-state index in [-0.39, 0.29) is 5.41 Å². The van der Waals surface area contributed by atoms with Crippen molar-refractivity contribution in [1.29, 1.82) is 0 Å². The highest BCUT2D eigenvalue weighted by Gasteiger charge is 2.20. The standard InChI is InChI=1S/C18H23NO2S/c1-18(2,3)16-12-10-15(11-13-16)14-19(4)22(20,21)17-8-6-5-7-9-17/h5-13H,14H2,1-4H3. The summed E-state index contributed by atoms with van der Waals surface area (Å²) in [6, 6.07) is 16.6. The van der Waals surface area contributed by atoms with Crippen molar-refractivity contribution < 1.29 is 8.42 Å². The zero-order valence-electron chi connectivity index (χ0n) is 13.6. The van der Waals surface area contributed by atoms with E-state index in [0.717, 1.165) is 5.56 Å². The third-order valence-electron chi connectivity index (χ3n) is 3.68. The fourth-order valence-electron chi connectivity index (χ4n) is 2.22. The topological polar surface area (TPSA) is 37.4 Å². The van der Waals surface area contributed by atoms with Crippen molar-refractivity contribution >= 4 is 10.0 Å². The quantitative estimate of drug-likeness (QED) is 0.860. The molecule has 0 aromatic heterocycles. The van der Waals surface area contributed by atoms with Crippen molar-refractivity contribution in [3.05, 3.63) is 65.7 Å². The van der Waals surface area contributed by atoms with Gasteiger partial charge < -0.3 is 0 Å². The molecular weight excluding hydrogens is 294 g/mol. The molecule has 4 heteroatoms. The Balaban J connectivity index is 2.17. The van der Waals surface area contributed by atoms with Crippen LogP contribution in [0.25, 0.3) is 0 Å². The zero-order valence-corrected chi connectivity index (χ0v) is 14.4. The Morgan fingerprint density at radius 2 is 1.45 bits per heavy atom. The van der Waals surface area contributed by atoms with Gasteiger partial charge in [-0.3, -0.25) is 0 Å². The number of hydrogen-bond donors (Lipinski definition) is 0. The molecule has 2 aromatic carbocycles. The van der Waals surface area contributed by atoms with Gasteiger partial charge in [0.1, 0.15) is 0 Å². The smallest absolute Gasteiger partial charge is 0.207 e. The maximum absolute atomic E-state index is 12.5. The monoisotopic (exact) mass is 317 g/mol. The van der Waals surface area contributed by atoms with E-state index in [2.05, 4.69) is 32.9 Å². The van der Waals surface area contributed by atoms with Crippen molar-refractivity contribution in [2.75, 3.05) is 7.05 Å². The zero-order chi connectivity index (χ0) is 16.4. The lowest BCUT2D eigenvalue weighted by Crippen LogP contribution is -2.26. The molecule has 0 aliphatic rings. The maximum atomic E-state index is 12.5. The van der Waals surface area contributed by atoms with E-state index < -0.39 is 10.0 Å². The van der Waals surface area contributed by atoms with Crippen molar-refractivity contribution in [3.8, 4) is 0 Å². The number of sulfonamides is 1. The number of hydrogen-bond acceptors (Lipinski definition) is 2. The lowest BCUT2D eigenvalue weighted by Gasteiger charge is -2.20. The van der Waals surface area contributed by atoms with Gasteiger partial charge in [-0.2, -0.15) is 4.31 Å². The van der Waals surface area contributed by atoms with Crippen molar-refractivity contribution in [2.24, 2.45) is 0 Å². The molecule has 0 bridgehead atoms. The minimum Gasteiger partial charge on any atom is -0.207 e. The summed E-state index contributed by atoms with van der Waals surface area (Å²) in [4.78, 5) is 0.323. The fourth-order valence-corrected chi connectivity index (χ4v) is 3.40. The van der Waals surface area contributed by atoms with Crippen molar-refractivity contribution in [1.82, 2.24) is 4.31 Å². The molecule has 0 fully saturated rings. The van der Waals surface area contributed by atoms with Crippen LogP contribution in [0.15, 0.2) is 59.5 Å². The summed E-state index contributed by atoms with van der Waals surface area (Å²) >= 11 is 0. The molecule has 0 atom stereocenters. The first-order chi connectivity index (χ1) is 10.2. The number of nitrogens with zero attached hydrogens (tertiary/aromatic N) is 1. The van der Waals surface area contributed by atoms with Crippen LogP contribution in [0, 0.1) is 0 Å². The van der Waals surface area contributed by atoms with Gasteiger partial charge in [0.15, 0.2) is 0 Å². The Hall–Kier alpha value is -1.65. The average molecular weight is 317 g/mol. The van der Waals surface area contributed by atoms with Gasteiger partial charge in [-0.1, -0.05) is 63.2 Å². The van der Waals surface area contributed by atoms with Gasteiger partial charge >= 0.3 is 0 Å². The van der Waals surface area contributed by atoms with Crippen LogP contribution in [-0.4, -0.2) is 19.8 Å². The summed E-state index contributed by atoms with van der Waals surface area (Å²) in [6.07, 6.45) is 0. The molecule has 2 aromatic rings. The average Bonchev–Trinajstić information content (AvgIpc) is 2.47. The van der Waals surface area contributed by atoms with Crippen LogP contribution in [0.2, 0.25) is 0 Å². The van der Waals surface area contributed by atoms with E-state index in [1.807, 2.05) is 18.2 Å². The second-order valence-electron chi connectivity index (χ2n) is 6.52. The van der Waals surface area contributed by atoms with Crippen LogP contribution in [0.3, 0.4) is 0 Å². The van der Waals surface area contributed by atoms with Crippen molar-refractivity contribution in [3.63, 3.8) is 0 Å². The van der Waals surface area contributed by atoms with Gasteiger partial charge in [-0.25, -0.2) is 8.42 Å². The summed E-state index contributed by atoms with van der Waals surface area (Å²) in [7, 11) is -1.83. The Morgan fingerprint density at radius 3 is 1.95 bits per heavy atom. The summed E-state index contributed by atoms with van der Waals surface area (Å²) < 4.78 is 26.4. The third-order valence-corrected chi connectivity index (χ3v) is 5.49. The van der Waals surface area contributed by atoms with E-state index >= 15 is 0 Å². The van der Waals surface area contributed by atoms with E-state index in [0.29, 0.717) is 11.4 Å². The molecule has 0 aliphatic heterocycles. The van der Waals surface area contributed by atoms with Crippen LogP contribution in [0.5, 0.6) is 0 Å². The Kier molecular flexibility index (Phi) is 4.73. The molecule has 0 saturated heterocycles. The second-order valence-corrected chi connectivity index (χ2v) is 8.57. The van der Waals surface area contributed by atoms with Gasteiger partial charge in [0.2, 0.25) is 10.0 Å². The van der Waals surface area contributed by atoms with Gasteiger partial charge in [-0.05, 0) is 28.7 Å². The first-order valence-corrected chi connectivity index (χ1v) is 8.76. The summed E-state index contributed by atoms with van der Waals surface area (Å²) in [5, 5.41) is 0. The van der Waals surface area contributed by atoms with Crippen LogP contribution in [-0.2, 0) is 22.0 Å². The Labute approximate surface area is 133 Å². The van der Waals surface area contributed by atoms with Crippen LogP contribution in [0.4, 0.5) is 0 Å². The molecule has 0 unspecified atom stereocenters. The molecule has 0 saturated carbocycles. The van der Waals surface area contributed by atoms with E-state index in [4.69, 9.17) is 0 Å². The second kappa shape index (κ2) is 6.23. The SMILES string of the molecule is CN(Cc1ccc(C(C)(C)C)cc1)S(=O)(=O)c1ccccc1. The molecule has 3 nitrogen and oxygen atoms in total. The molecule has 0 spiro atoms. The van der Waals surface area contributed by atoms with Gasteiger partial charge in [0.25, 0.3) is 0 Å². The highest BCUT2D eigenvalue weighted by Crippen LogP contribution is 2.23. The minimum absolute atomic E-state index is 0.0978.